The van der Waals surface area contributed by atoms with Gasteiger partial charge in [0.15, 0.2) is 0 Å². The predicted octanol–water partition coefficient (Wildman–Crippen LogP) is 3.89. The first-order valence-electron chi connectivity index (χ1n) is 6.51. The summed E-state index contributed by atoms with van der Waals surface area (Å²) < 4.78 is 0.671. The molecule has 0 spiro atoms. The van der Waals surface area contributed by atoms with Crippen molar-refractivity contribution < 1.29 is 4.79 Å². The van der Waals surface area contributed by atoms with Crippen molar-refractivity contribution in [3.8, 4) is 0 Å². The van der Waals surface area contributed by atoms with E-state index in [1.807, 2.05) is 22.6 Å². The van der Waals surface area contributed by atoms with Gasteiger partial charge in [-0.25, -0.2) is 9.97 Å². The third-order valence-electron chi connectivity index (χ3n) is 2.82. The Morgan fingerprint density at radius 2 is 2.29 bits per heavy atom. The molecule has 0 unspecified atom stereocenters. The van der Waals surface area contributed by atoms with Gasteiger partial charge in [0.05, 0.1) is 19.8 Å². The highest BCUT2D eigenvalue weighted by Crippen LogP contribution is 2.20. The van der Waals surface area contributed by atoms with Crippen LogP contribution < -0.4 is 5.32 Å². The van der Waals surface area contributed by atoms with E-state index in [1.165, 1.54) is 6.20 Å². The van der Waals surface area contributed by atoms with Crippen LogP contribution in [-0.2, 0) is 6.42 Å². The average molecular weight is 436 g/mol. The quantitative estimate of drug-likeness (QED) is 0.572. The zero-order chi connectivity index (χ0) is 15.4. The van der Waals surface area contributed by atoms with Crippen molar-refractivity contribution in [3.05, 3.63) is 42.6 Å². The van der Waals surface area contributed by atoms with Crippen molar-refractivity contribution in [2.75, 3.05) is 6.54 Å². The van der Waals surface area contributed by atoms with E-state index < -0.39 is 0 Å². The highest BCUT2D eigenvalue weighted by atomic mass is 127. The molecule has 0 aliphatic heterocycles. The van der Waals surface area contributed by atoms with Gasteiger partial charge in [-0.05, 0) is 28.7 Å². The number of nitrogens with one attached hydrogen (secondary N) is 1. The lowest BCUT2D eigenvalue weighted by atomic mass is 10.2. The second-order valence-electron chi connectivity index (χ2n) is 4.80. The van der Waals surface area contributed by atoms with Gasteiger partial charge in [0.1, 0.15) is 5.15 Å². The zero-order valence-corrected chi connectivity index (χ0v) is 15.4. The molecule has 0 saturated heterocycles. The van der Waals surface area contributed by atoms with Crippen LogP contribution in [0.1, 0.15) is 40.8 Å². The molecule has 0 radical (unpaired) electrons. The number of halogens is 2. The summed E-state index contributed by atoms with van der Waals surface area (Å²) >= 11 is 9.61. The first kappa shape index (κ1) is 16.6. The molecule has 0 fully saturated rings. The zero-order valence-electron chi connectivity index (χ0n) is 11.7. The largest absolute Gasteiger partial charge is 0.352 e. The second kappa shape index (κ2) is 7.51. The first-order chi connectivity index (χ1) is 9.99. The molecule has 0 atom stereocenters. The van der Waals surface area contributed by atoms with Crippen LogP contribution in [0, 0.1) is 3.57 Å². The predicted molar refractivity (Wildman–Crippen MR) is 94.2 cm³/mol. The fourth-order valence-electron chi connectivity index (χ4n) is 1.70. The van der Waals surface area contributed by atoms with Crippen molar-refractivity contribution in [3.63, 3.8) is 0 Å². The fourth-order valence-corrected chi connectivity index (χ4v) is 3.29. The molecular formula is C14H15ClIN3OS. The molecule has 2 aromatic rings. The van der Waals surface area contributed by atoms with Crippen LogP contribution in [0.15, 0.2) is 17.6 Å². The number of pyridine rings is 1. The van der Waals surface area contributed by atoms with Crippen molar-refractivity contribution in [1.82, 2.24) is 15.3 Å². The maximum Gasteiger partial charge on any atom is 0.252 e. The first-order valence-corrected chi connectivity index (χ1v) is 8.85. The van der Waals surface area contributed by atoms with Crippen LogP contribution in [0.3, 0.4) is 0 Å². The number of carbonyl (C=O) groups is 1. The summed E-state index contributed by atoms with van der Waals surface area (Å²) in [5.74, 6) is 0.307. The Morgan fingerprint density at radius 1 is 1.52 bits per heavy atom. The molecule has 112 valence electrons. The Bertz CT molecular complexity index is 645. The number of nitrogens with zero attached hydrogens (tertiary/aromatic N) is 2. The molecule has 2 heterocycles. The van der Waals surface area contributed by atoms with Gasteiger partial charge in [0.2, 0.25) is 0 Å². The molecule has 2 aromatic heterocycles. The Morgan fingerprint density at radius 3 is 2.95 bits per heavy atom. The van der Waals surface area contributed by atoms with Gasteiger partial charge in [-0.1, -0.05) is 25.4 Å². The van der Waals surface area contributed by atoms with Gasteiger partial charge >= 0.3 is 0 Å². The Hall–Kier alpha value is -0.730. The Kier molecular flexibility index (Phi) is 5.95. The van der Waals surface area contributed by atoms with E-state index in [9.17, 15) is 4.79 Å². The molecule has 0 bridgehead atoms. The number of rotatable bonds is 5. The number of thiazole rings is 1. The average Bonchev–Trinajstić information content (AvgIpc) is 2.91. The number of hydrogen-bond acceptors (Lipinski definition) is 4. The maximum absolute atomic E-state index is 12.1. The lowest BCUT2D eigenvalue weighted by Crippen LogP contribution is -2.26. The van der Waals surface area contributed by atoms with Gasteiger partial charge in [0.25, 0.3) is 5.91 Å². The van der Waals surface area contributed by atoms with Crippen molar-refractivity contribution in [1.29, 1.82) is 0 Å². The smallest absolute Gasteiger partial charge is 0.252 e. The molecule has 21 heavy (non-hydrogen) atoms. The normalized spacial score (nSPS) is 10.9. The lowest BCUT2D eigenvalue weighted by Gasteiger charge is -2.06. The Balaban J connectivity index is 1.90. The molecular weight excluding hydrogens is 421 g/mol. The third kappa shape index (κ3) is 4.37. The molecule has 2 rings (SSSR count). The van der Waals surface area contributed by atoms with E-state index in [0.717, 1.165) is 17.1 Å². The van der Waals surface area contributed by atoms with Crippen molar-refractivity contribution >= 4 is 51.4 Å². The van der Waals surface area contributed by atoms with Crippen molar-refractivity contribution in [2.45, 2.75) is 26.2 Å². The second-order valence-corrected chi connectivity index (χ2v) is 7.13. The summed E-state index contributed by atoms with van der Waals surface area (Å²) in [6, 6.07) is 1.67. The van der Waals surface area contributed by atoms with Gasteiger partial charge < -0.3 is 5.32 Å². The van der Waals surface area contributed by atoms with Gasteiger partial charge in [-0.2, -0.15) is 0 Å². The number of hydrogen-bond donors (Lipinski definition) is 1. The summed E-state index contributed by atoms with van der Waals surface area (Å²) in [5.41, 5.74) is 1.57. The summed E-state index contributed by atoms with van der Waals surface area (Å²) in [5, 5.41) is 6.42. The third-order valence-corrected chi connectivity index (χ3v) is 5.71. The number of amides is 1. The van der Waals surface area contributed by atoms with Crippen LogP contribution >= 0.6 is 45.5 Å². The van der Waals surface area contributed by atoms with Gasteiger partial charge in [-0.3, -0.25) is 4.79 Å². The highest BCUT2D eigenvalue weighted by Gasteiger charge is 2.13. The molecule has 0 aromatic carbocycles. The summed E-state index contributed by atoms with van der Waals surface area (Å²) in [6.45, 7) is 4.80. The monoisotopic (exact) mass is 435 g/mol. The summed E-state index contributed by atoms with van der Waals surface area (Å²) in [7, 11) is 0. The van der Waals surface area contributed by atoms with E-state index in [4.69, 9.17) is 11.6 Å². The van der Waals surface area contributed by atoms with E-state index in [1.54, 1.807) is 17.4 Å². The molecule has 0 aliphatic carbocycles. The Labute approximate surface area is 146 Å². The van der Waals surface area contributed by atoms with Gasteiger partial charge in [0, 0.05) is 30.5 Å². The van der Waals surface area contributed by atoms with E-state index in [-0.39, 0.29) is 5.91 Å². The van der Waals surface area contributed by atoms with Crippen LogP contribution in [0.4, 0.5) is 0 Å². The molecule has 4 nitrogen and oxygen atoms in total. The minimum atomic E-state index is -0.136. The maximum atomic E-state index is 12.1. The topological polar surface area (TPSA) is 54.9 Å². The molecule has 1 N–H and O–H groups in total. The lowest BCUT2D eigenvalue weighted by molar-refractivity contribution is 0.0953. The van der Waals surface area contributed by atoms with Gasteiger partial charge in [-0.15, -0.1) is 11.3 Å². The van der Waals surface area contributed by atoms with Crippen LogP contribution in [-0.4, -0.2) is 22.4 Å². The molecule has 0 aliphatic rings. The number of aromatic nitrogens is 2. The molecule has 7 heteroatoms. The fraction of sp³-hybridized carbons (Fsp3) is 0.357. The van der Waals surface area contributed by atoms with Crippen molar-refractivity contribution in [2.24, 2.45) is 0 Å². The SMILES string of the molecule is CC(C)c1nc(CCNC(=O)c2ccnc(Cl)c2I)cs1. The van der Waals surface area contributed by atoms with E-state index >= 15 is 0 Å². The van der Waals surface area contributed by atoms with Crippen LogP contribution in [0.25, 0.3) is 0 Å². The van der Waals surface area contributed by atoms with E-state index in [0.29, 0.717) is 26.7 Å². The standard InChI is InChI=1S/C14H15ClIN3OS/c1-8(2)14-19-9(7-21-14)3-5-18-13(20)10-4-6-17-12(15)11(10)16/h4,6-8H,3,5H2,1-2H3,(H,18,20). The van der Waals surface area contributed by atoms with E-state index in [2.05, 4.69) is 34.5 Å². The molecule has 1 amide bonds. The number of carbonyl (C=O) groups excluding carboxylic acids is 1. The summed E-state index contributed by atoms with van der Waals surface area (Å²) in [6.07, 6.45) is 2.26. The summed E-state index contributed by atoms with van der Waals surface area (Å²) in [4.78, 5) is 20.6. The minimum Gasteiger partial charge on any atom is -0.352 e. The minimum absolute atomic E-state index is 0.136. The highest BCUT2D eigenvalue weighted by molar-refractivity contribution is 14.1. The van der Waals surface area contributed by atoms with Crippen LogP contribution in [0.5, 0.6) is 0 Å². The van der Waals surface area contributed by atoms with Crippen LogP contribution in [0.2, 0.25) is 5.15 Å². The molecule has 0 saturated carbocycles.